The highest BCUT2D eigenvalue weighted by atomic mass is 32.2. The Labute approximate surface area is 268 Å². The first-order valence-electron chi connectivity index (χ1n) is 15.9. The first kappa shape index (κ1) is 32.5. The van der Waals surface area contributed by atoms with Gasteiger partial charge in [-0.15, -0.1) is 0 Å². The van der Waals surface area contributed by atoms with Gasteiger partial charge in [-0.05, 0) is 92.2 Å². The number of amides is 1. The van der Waals surface area contributed by atoms with Gasteiger partial charge in [-0.2, -0.15) is 18.2 Å². The Hall–Kier alpha value is -3.41. The van der Waals surface area contributed by atoms with Gasteiger partial charge in [0, 0.05) is 34.7 Å². The predicted molar refractivity (Wildman–Crippen MR) is 170 cm³/mol. The molecule has 0 unspecified atom stereocenters. The van der Waals surface area contributed by atoms with Gasteiger partial charge in [-0.25, -0.2) is 8.42 Å². The number of alkyl halides is 3. The lowest BCUT2D eigenvalue weighted by atomic mass is 9.53. The van der Waals surface area contributed by atoms with E-state index in [4.69, 9.17) is 9.51 Å². The first-order chi connectivity index (χ1) is 21.5. The van der Waals surface area contributed by atoms with Gasteiger partial charge in [-0.3, -0.25) is 9.52 Å². The number of sulfonamides is 1. The topological polar surface area (TPSA) is 105 Å². The van der Waals surface area contributed by atoms with Gasteiger partial charge in [0.05, 0.1) is 12.2 Å². The molecule has 4 aliphatic carbocycles. The normalized spacial score (nSPS) is 26.4. The van der Waals surface area contributed by atoms with Crippen LogP contribution in [0.3, 0.4) is 0 Å². The Bertz CT molecular complexity index is 1680. The van der Waals surface area contributed by atoms with Crippen molar-refractivity contribution in [1.29, 1.82) is 0 Å². The summed E-state index contributed by atoms with van der Waals surface area (Å²) >= 11 is 0. The van der Waals surface area contributed by atoms with Crippen LogP contribution in [0.1, 0.15) is 83.9 Å². The highest BCUT2D eigenvalue weighted by Gasteiger charge is 2.54. The first-order valence-corrected chi connectivity index (χ1v) is 17.8. The van der Waals surface area contributed by atoms with E-state index >= 15 is 0 Å². The van der Waals surface area contributed by atoms with Crippen LogP contribution < -0.4 is 9.62 Å². The number of halogens is 3. The highest BCUT2D eigenvalue weighted by Crippen LogP contribution is 2.58. The number of hydrogen-bond acceptors (Lipinski definition) is 6. The molecule has 46 heavy (non-hydrogen) atoms. The molecule has 7 rings (SSSR count). The Morgan fingerprint density at radius 2 is 1.61 bits per heavy atom. The molecule has 0 atom stereocenters. The average molecular weight is 659 g/mol. The van der Waals surface area contributed by atoms with Crippen molar-refractivity contribution in [2.24, 2.45) is 17.3 Å². The second kappa shape index (κ2) is 11.4. The van der Waals surface area contributed by atoms with E-state index in [1.54, 1.807) is 29.2 Å². The molecule has 2 bridgehead atoms. The lowest BCUT2D eigenvalue weighted by Crippen LogP contribution is -2.53. The maximum Gasteiger partial charge on any atom is 0.391 e. The Morgan fingerprint density at radius 1 is 0.978 bits per heavy atom. The van der Waals surface area contributed by atoms with Crippen LogP contribution >= 0.6 is 0 Å². The van der Waals surface area contributed by atoms with Crippen LogP contribution in [0, 0.1) is 17.3 Å². The van der Waals surface area contributed by atoms with E-state index in [0.717, 1.165) is 61.7 Å². The fourth-order valence-electron chi connectivity index (χ4n) is 7.32. The maximum absolute atomic E-state index is 14.0. The second-order valence-corrected chi connectivity index (χ2v) is 16.5. The van der Waals surface area contributed by atoms with Gasteiger partial charge < -0.3 is 9.42 Å². The number of nitrogens with zero attached hydrogens (tertiary/aromatic N) is 3. The molecule has 2 aromatic carbocycles. The van der Waals surface area contributed by atoms with Crippen LogP contribution in [-0.2, 0) is 25.6 Å². The van der Waals surface area contributed by atoms with E-state index in [0.29, 0.717) is 23.8 Å². The molecule has 0 aliphatic heterocycles. The van der Waals surface area contributed by atoms with Gasteiger partial charge in [0.1, 0.15) is 0 Å². The predicted octanol–water partition coefficient (Wildman–Crippen LogP) is 7.62. The molecule has 0 saturated heterocycles. The molecule has 3 aromatic rings. The van der Waals surface area contributed by atoms with E-state index in [9.17, 15) is 26.4 Å². The van der Waals surface area contributed by atoms with Crippen molar-refractivity contribution >= 4 is 27.3 Å². The van der Waals surface area contributed by atoms with Crippen molar-refractivity contribution in [1.82, 2.24) is 10.1 Å². The number of rotatable bonds is 8. The van der Waals surface area contributed by atoms with Crippen molar-refractivity contribution in [3.8, 4) is 11.1 Å². The van der Waals surface area contributed by atoms with Gasteiger partial charge in [0.15, 0.2) is 5.82 Å². The van der Waals surface area contributed by atoms with Crippen molar-refractivity contribution in [3.05, 3.63) is 60.2 Å². The summed E-state index contributed by atoms with van der Waals surface area (Å²) < 4.78 is 71.5. The zero-order valence-corrected chi connectivity index (χ0v) is 27.5. The van der Waals surface area contributed by atoms with Gasteiger partial charge >= 0.3 is 6.18 Å². The zero-order chi connectivity index (χ0) is 33.1. The van der Waals surface area contributed by atoms with Crippen molar-refractivity contribution < 1.29 is 30.9 Å². The van der Waals surface area contributed by atoms with Crippen LogP contribution in [0.5, 0.6) is 0 Å². The molecule has 1 N–H and O–H groups in total. The minimum Gasteiger partial charge on any atom is -0.339 e. The van der Waals surface area contributed by atoms with Crippen molar-refractivity contribution in [2.75, 3.05) is 22.4 Å². The number of anilines is 2. The van der Waals surface area contributed by atoms with E-state index < -0.39 is 28.0 Å². The number of aromatic nitrogens is 2. The van der Waals surface area contributed by atoms with Crippen LogP contribution in [-0.4, -0.2) is 43.4 Å². The summed E-state index contributed by atoms with van der Waals surface area (Å²) in [6.45, 7) is 6.56. The molecule has 0 radical (unpaired) electrons. The SMILES string of the molecule is CC(C)(C)c1nc(C23CCC(CN(C(=O)C4CC(C(F)(F)F)C4)c4cccc(-c5ccc(NS(C)(=O)=O)cc5)c4)(CC2)CC3)no1. The summed E-state index contributed by atoms with van der Waals surface area (Å²) in [5.41, 5.74) is 2.17. The number of carbonyl (C=O) groups is 1. The Morgan fingerprint density at radius 3 is 2.15 bits per heavy atom. The molecular weight excluding hydrogens is 617 g/mol. The third-order valence-corrected chi connectivity index (χ3v) is 10.9. The molecule has 0 spiro atoms. The van der Waals surface area contributed by atoms with Crippen LogP contribution in [0.2, 0.25) is 0 Å². The number of fused-ring (bicyclic) bond motifs is 3. The molecule has 4 aliphatic rings. The molecular formula is C34H41F3N4O4S. The molecule has 4 fully saturated rings. The molecule has 4 saturated carbocycles. The van der Waals surface area contributed by atoms with E-state index in [2.05, 4.69) is 9.88 Å². The molecule has 248 valence electrons. The Balaban J connectivity index is 1.25. The monoisotopic (exact) mass is 658 g/mol. The summed E-state index contributed by atoms with van der Waals surface area (Å²) in [6, 6.07) is 14.4. The van der Waals surface area contributed by atoms with Crippen molar-refractivity contribution in [3.63, 3.8) is 0 Å². The van der Waals surface area contributed by atoms with Crippen LogP contribution in [0.4, 0.5) is 24.5 Å². The van der Waals surface area contributed by atoms with Gasteiger partial charge in [0.2, 0.25) is 21.8 Å². The van der Waals surface area contributed by atoms with Gasteiger partial charge in [-0.1, -0.05) is 50.2 Å². The minimum atomic E-state index is -4.30. The standard InChI is InChI=1S/C34H41F3N4O4S/c1-31(2,3)30-38-29(39-45-30)33-15-12-32(13-16-33,14-17-33)21-41(28(42)24-18-25(19-24)34(35,36)37)27-7-5-6-23(20-27)22-8-10-26(11-9-22)40-46(4,43)44/h5-11,20,24-25,40H,12-19,21H2,1-4H3. The Kier molecular flexibility index (Phi) is 8.05. The summed E-state index contributed by atoms with van der Waals surface area (Å²) in [6.07, 6.45) is 1.61. The fraction of sp³-hybridized carbons (Fsp3) is 0.559. The molecule has 1 heterocycles. The average Bonchev–Trinajstić information content (AvgIpc) is 3.47. The maximum atomic E-state index is 14.0. The lowest BCUT2D eigenvalue weighted by Gasteiger charge is -2.53. The van der Waals surface area contributed by atoms with Crippen LogP contribution in [0.15, 0.2) is 53.1 Å². The zero-order valence-electron chi connectivity index (χ0n) is 26.7. The largest absolute Gasteiger partial charge is 0.391 e. The van der Waals surface area contributed by atoms with Gasteiger partial charge in [0.25, 0.3) is 0 Å². The third kappa shape index (κ3) is 6.55. The number of hydrogen-bond donors (Lipinski definition) is 1. The van der Waals surface area contributed by atoms with E-state index in [1.165, 1.54) is 0 Å². The highest BCUT2D eigenvalue weighted by molar-refractivity contribution is 7.92. The van der Waals surface area contributed by atoms with E-state index in [-0.39, 0.29) is 35.0 Å². The third-order valence-electron chi connectivity index (χ3n) is 10.3. The minimum absolute atomic E-state index is 0.157. The number of carbonyl (C=O) groups excluding carboxylic acids is 1. The molecule has 8 nitrogen and oxygen atoms in total. The van der Waals surface area contributed by atoms with Crippen LogP contribution in [0.25, 0.3) is 11.1 Å². The molecule has 1 amide bonds. The number of benzene rings is 2. The summed E-state index contributed by atoms with van der Waals surface area (Å²) in [7, 11) is -3.42. The summed E-state index contributed by atoms with van der Waals surface area (Å²) in [4.78, 5) is 20.5. The lowest BCUT2D eigenvalue weighted by molar-refractivity contribution is -0.204. The van der Waals surface area contributed by atoms with E-state index in [1.807, 2.05) is 45.0 Å². The fourth-order valence-corrected chi connectivity index (χ4v) is 7.88. The summed E-state index contributed by atoms with van der Waals surface area (Å²) in [5.74, 6) is -0.985. The summed E-state index contributed by atoms with van der Waals surface area (Å²) in [5, 5.41) is 4.39. The second-order valence-electron chi connectivity index (χ2n) is 14.8. The number of nitrogens with one attached hydrogen (secondary N) is 1. The molecule has 12 heteroatoms. The molecule has 1 aromatic heterocycles. The quantitative estimate of drug-likeness (QED) is 0.267. The smallest absolute Gasteiger partial charge is 0.339 e. The van der Waals surface area contributed by atoms with Crippen molar-refractivity contribution in [2.45, 2.75) is 89.1 Å².